The fourth-order valence-electron chi connectivity index (χ4n) is 5.25. The number of fused-ring (bicyclic) bond motifs is 1. The van der Waals surface area contributed by atoms with Gasteiger partial charge >= 0.3 is 18.2 Å². The zero-order valence-electron chi connectivity index (χ0n) is 26.3. The number of rotatable bonds is 7. The Morgan fingerprint density at radius 2 is 1.73 bits per heavy atom. The molecule has 2 aliphatic rings. The van der Waals surface area contributed by atoms with Crippen molar-refractivity contribution in [3.05, 3.63) is 51.3 Å². The van der Waals surface area contributed by atoms with Crippen LogP contribution in [-0.2, 0) is 14.2 Å². The van der Waals surface area contributed by atoms with Gasteiger partial charge in [-0.25, -0.2) is 23.2 Å². The molecule has 1 aliphatic heterocycles. The molecule has 1 saturated carbocycles. The van der Waals surface area contributed by atoms with Gasteiger partial charge in [-0.15, -0.1) is 0 Å². The largest absolute Gasteiger partial charge is 0.462 e. The Morgan fingerprint density at radius 1 is 1.07 bits per heavy atom. The first-order valence-electron chi connectivity index (χ1n) is 14.9. The number of nitrogens with one attached hydrogen (secondary N) is 1. The topological polar surface area (TPSA) is 116 Å². The summed E-state index contributed by atoms with van der Waals surface area (Å²) < 4.78 is 47.8. The Labute approximate surface area is 255 Å². The van der Waals surface area contributed by atoms with Gasteiger partial charge in [-0.05, 0) is 80.2 Å². The Morgan fingerprint density at radius 3 is 2.32 bits per heavy atom. The van der Waals surface area contributed by atoms with E-state index < -0.39 is 58.5 Å². The van der Waals surface area contributed by atoms with Crippen LogP contribution in [0.25, 0.3) is 17.0 Å². The maximum absolute atomic E-state index is 15.4. The smallest absolute Gasteiger partial charge is 0.410 e. The van der Waals surface area contributed by atoms with Gasteiger partial charge in [0.25, 0.3) is 0 Å². The number of alkyl carbamates (subject to hydrolysis) is 1. The number of carbonyl (C=O) groups is 3. The van der Waals surface area contributed by atoms with Crippen molar-refractivity contribution in [1.29, 1.82) is 0 Å². The van der Waals surface area contributed by atoms with Crippen LogP contribution in [0.5, 0.6) is 0 Å². The van der Waals surface area contributed by atoms with Gasteiger partial charge in [0.2, 0.25) is 5.43 Å². The molecule has 2 heterocycles. The number of pyridine rings is 1. The standard InChI is InChI=1S/C32H41F2N3O7/c1-8-42-28(39)23-17-36(19-12-13-19)26-21(25(34)24(33)15-22(26)27(23)38)11-9-10-20-14-18(35-29(40)43-31(2,3)4)16-37(20)30(41)44-32(5,6)7/h9,11,15,17-20H,8,10,12-14,16H2,1-7H3,(H,35,40)/t18-,20-/m1/s1. The summed E-state index contributed by atoms with van der Waals surface area (Å²) in [6.45, 7) is 12.3. The normalized spacial score (nSPS) is 19.0. The molecule has 1 N–H and O–H groups in total. The number of esters is 1. The third-order valence-electron chi connectivity index (χ3n) is 7.13. The number of hydrogen-bond acceptors (Lipinski definition) is 7. The molecule has 0 radical (unpaired) electrons. The van der Waals surface area contributed by atoms with Crippen molar-refractivity contribution in [2.45, 2.75) is 103 Å². The number of halogens is 2. The van der Waals surface area contributed by atoms with Crippen LogP contribution in [0.3, 0.4) is 0 Å². The molecule has 1 aliphatic carbocycles. The second-order valence-corrected chi connectivity index (χ2v) is 13.2. The lowest BCUT2D eigenvalue weighted by molar-refractivity contribution is 0.0220. The van der Waals surface area contributed by atoms with Crippen LogP contribution in [-0.4, -0.2) is 64.1 Å². The molecule has 44 heavy (non-hydrogen) atoms. The van der Waals surface area contributed by atoms with Crippen LogP contribution in [0.1, 0.15) is 96.1 Å². The first-order chi connectivity index (χ1) is 20.5. The van der Waals surface area contributed by atoms with Crippen molar-refractivity contribution in [2.75, 3.05) is 13.2 Å². The summed E-state index contributed by atoms with van der Waals surface area (Å²) in [5.41, 5.74) is -2.40. The van der Waals surface area contributed by atoms with Gasteiger partial charge in [0, 0.05) is 30.4 Å². The Balaban J connectivity index is 1.67. The molecule has 1 aromatic carbocycles. The van der Waals surface area contributed by atoms with Crippen molar-refractivity contribution < 1.29 is 37.4 Å². The Hall–Kier alpha value is -3.96. The second kappa shape index (κ2) is 12.6. The first-order valence-corrected chi connectivity index (χ1v) is 14.9. The van der Waals surface area contributed by atoms with Crippen molar-refractivity contribution in [3.8, 4) is 0 Å². The summed E-state index contributed by atoms with van der Waals surface area (Å²) in [7, 11) is 0. The van der Waals surface area contributed by atoms with Gasteiger partial charge in [0.15, 0.2) is 11.6 Å². The zero-order chi connectivity index (χ0) is 32.6. The Kier molecular flexibility index (Phi) is 9.41. The predicted molar refractivity (Wildman–Crippen MR) is 161 cm³/mol. The SMILES string of the molecule is CCOC(=O)c1cn(C2CC2)c2c(C=CC[C@@H]3C[C@@H](NC(=O)OC(C)(C)C)CN3C(=O)OC(C)(C)C)c(F)c(F)cc2c1=O. The predicted octanol–water partition coefficient (Wildman–Crippen LogP) is 6.10. The van der Waals surface area contributed by atoms with Crippen LogP contribution >= 0.6 is 0 Å². The highest BCUT2D eigenvalue weighted by Crippen LogP contribution is 2.39. The van der Waals surface area contributed by atoms with Crippen LogP contribution in [0.2, 0.25) is 0 Å². The summed E-state index contributed by atoms with van der Waals surface area (Å²) in [6, 6.07) is -0.130. The lowest BCUT2D eigenvalue weighted by Gasteiger charge is -2.28. The molecular weight excluding hydrogens is 576 g/mol. The summed E-state index contributed by atoms with van der Waals surface area (Å²) >= 11 is 0. The van der Waals surface area contributed by atoms with E-state index in [4.69, 9.17) is 14.2 Å². The third-order valence-corrected chi connectivity index (χ3v) is 7.13. The van der Waals surface area contributed by atoms with E-state index in [-0.39, 0.29) is 47.6 Å². The highest BCUT2D eigenvalue weighted by atomic mass is 19.2. The van der Waals surface area contributed by atoms with E-state index in [9.17, 15) is 23.6 Å². The van der Waals surface area contributed by atoms with Gasteiger partial charge < -0.3 is 29.0 Å². The minimum absolute atomic E-state index is 0.0567. The molecule has 2 amide bonds. The molecule has 4 rings (SSSR count). The van der Waals surface area contributed by atoms with Crippen LogP contribution in [0, 0.1) is 11.6 Å². The summed E-state index contributed by atoms with van der Waals surface area (Å²) in [5, 5.41) is 2.67. The molecule has 240 valence electrons. The second-order valence-electron chi connectivity index (χ2n) is 13.2. The molecule has 2 fully saturated rings. The van der Waals surface area contributed by atoms with Gasteiger partial charge in [0.1, 0.15) is 16.8 Å². The molecule has 0 spiro atoms. The lowest BCUT2D eigenvalue weighted by atomic mass is 10.0. The minimum Gasteiger partial charge on any atom is -0.462 e. The van der Waals surface area contributed by atoms with Gasteiger partial charge in [-0.2, -0.15) is 0 Å². The van der Waals surface area contributed by atoms with E-state index in [1.54, 1.807) is 59.1 Å². The molecule has 0 unspecified atom stereocenters. The Bertz CT molecular complexity index is 1530. The maximum atomic E-state index is 15.4. The molecular formula is C32H41F2N3O7. The van der Waals surface area contributed by atoms with Gasteiger partial charge in [-0.1, -0.05) is 12.2 Å². The number of aromatic nitrogens is 1. The van der Waals surface area contributed by atoms with E-state index in [0.29, 0.717) is 6.42 Å². The molecule has 2 aromatic rings. The average molecular weight is 618 g/mol. The van der Waals surface area contributed by atoms with Crippen molar-refractivity contribution in [3.63, 3.8) is 0 Å². The van der Waals surface area contributed by atoms with Gasteiger partial charge in [0.05, 0.1) is 23.6 Å². The molecule has 2 atom stereocenters. The van der Waals surface area contributed by atoms with E-state index in [0.717, 1.165) is 18.9 Å². The number of likely N-dealkylation sites (tertiary alicyclic amines) is 1. The third kappa shape index (κ3) is 7.75. The molecule has 1 aromatic heterocycles. The van der Waals surface area contributed by atoms with Crippen molar-refractivity contribution in [2.24, 2.45) is 0 Å². The number of hydrogen-bond donors (Lipinski definition) is 1. The highest BCUT2D eigenvalue weighted by Gasteiger charge is 2.38. The van der Waals surface area contributed by atoms with Crippen LogP contribution in [0.4, 0.5) is 18.4 Å². The van der Waals surface area contributed by atoms with E-state index in [1.165, 1.54) is 17.2 Å². The fraction of sp³-hybridized carbons (Fsp3) is 0.562. The number of benzene rings is 1. The zero-order valence-corrected chi connectivity index (χ0v) is 26.3. The number of carbonyl (C=O) groups excluding carboxylic acids is 3. The quantitative estimate of drug-likeness (QED) is 0.295. The lowest BCUT2D eigenvalue weighted by Crippen LogP contribution is -2.43. The molecule has 0 bridgehead atoms. The van der Waals surface area contributed by atoms with E-state index in [2.05, 4.69) is 5.32 Å². The first kappa shape index (κ1) is 32.9. The molecule has 1 saturated heterocycles. The summed E-state index contributed by atoms with van der Waals surface area (Å²) in [6.07, 6.45) is 5.27. The summed E-state index contributed by atoms with van der Waals surface area (Å²) in [5.74, 6) is -3.18. The van der Waals surface area contributed by atoms with Crippen LogP contribution in [0.15, 0.2) is 23.1 Å². The minimum atomic E-state index is -1.23. The van der Waals surface area contributed by atoms with Gasteiger partial charge in [-0.3, -0.25) is 4.79 Å². The van der Waals surface area contributed by atoms with E-state index in [1.807, 2.05) is 0 Å². The monoisotopic (exact) mass is 617 g/mol. The maximum Gasteiger partial charge on any atom is 0.410 e. The molecule has 12 heteroatoms. The fourth-order valence-corrected chi connectivity index (χ4v) is 5.25. The summed E-state index contributed by atoms with van der Waals surface area (Å²) in [4.78, 5) is 52.8. The highest BCUT2D eigenvalue weighted by molar-refractivity contribution is 5.96. The average Bonchev–Trinajstić information content (AvgIpc) is 3.65. The van der Waals surface area contributed by atoms with Crippen molar-refractivity contribution in [1.82, 2.24) is 14.8 Å². The number of nitrogens with zero attached hydrogens (tertiary/aromatic N) is 2. The number of ether oxygens (including phenoxy) is 3. The van der Waals surface area contributed by atoms with Crippen molar-refractivity contribution >= 4 is 35.1 Å². The van der Waals surface area contributed by atoms with Crippen LogP contribution < -0.4 is 10.7 Å². The van der Waals surface area contributed by atoms with E-state index >= 15 is 4.39 Å². The molecule has 10 nitrogen and oxygen atoms in total. The number of amides is 2.